The van der Waals surface area contributed by atoms with Crippen molar-refractivity contribution in [3.8, 4) is 17.0 Å². The number of H-pyrrole nitrogens is 1. The zero-order valence-electron chi connectivity index (χ0n) is 17.7. The molecule has 0 fully saturated rings. The minimum atomic E-state index is 0.727. The number of rotatable bonds is 6. The van der Waals surface area contributed by atoms with E-state index in [1.54, 1.807) is 7.11 Å². The smallest absolute Gasteiger partial charge is 0.145 e. The summed E-state index contributed by atoms with van der Waals surface area (Å²) in [6, 6.07) is 12.9. The van der Waals surface area contributed by atoms with Crippen LogP contribution in [0.3, 0.4) is 0 Å². The molecule has 4 aromatic rings. The number of nitrogens with two attached hydrogens (primary N) is 1. The molecular formula is C25H29N3O. The summed E-state index contributed by atoms with van der Waals surface area (Å²) in [4.78, 5) is 8.53. The highest BCUT2D eigenvalue weighted by molar-refractivity contribution is 6.02. The molecule has 29 heavy (non-hydrogen) atoms. The van der Waals surface area contributed by atoms with Crippen molar-refractivity contribution in [3.05, 3.63) is 58.8 Å². The van der Waals surface area contributed by atoms with E-state index in [0.717, 1.165) is 48.2 Å². The van der Waals surface area contributed by atoms with Gasteiger partial charge in [0.1, 0.15) is 11.3 Å². The summed E-state index contributed by atoms with van der Waals surface area (Å²) in [6.07, 6.45) is 3.11. The molecule has 0 saturated carbocycles. The molecule has 0 saturated heterocycles. The number of fused-ring (bicyclic) bond motifs is 2. The molecule has 4 rings (SSSR count). The number of methoxy groups -OCH3 is 1. The Labute approximate surface area is 172 Å². The Balaban J connectivity index is 2.00. The number of aromatic nitrogens is 2. The van der Waals surface area contributed by atoms with E-state index in [2.05, 4.69) is 49.2 Å². The predicted molar refractivity (Wildman–Crippen MR) is 122 cm³/mol. The van der Waals surface area contributed by atoms with Gasteiger partial charge >= 0.3 is 0 Å². The Morgan fingerprint density at radius 1 is 0.966 bits per heavy atom. The second-order valence-corrected chi connectivity index (χ2v) is 7.82. The van der Waals surface area contributed by atoms with Gasteiger partial charge in [-0.1, -0.05) is 18.2 Å². The first-order valence-electron chi connectivity index (χ1n) is 10.3. The van der Waals surface area contributed by atoms with Crippen molar-refractivity contribution in [1.29, 1.82) is 0 Å². The van der Waals surface area contributed by atoms with Crippen LogP contribution in [0.5, 0.6) is 5.75 Å². The Bertz CT molecular complexity index is 1190. The first-order chi connectivity index (χ1) is 14.0. The second-order valence-electron chi connectivity index (χ2n) is 7.82. The minimum Gasteiger partial charge on any atom is -0.494 e. The van der Waals surface area contributed by atoms with Gasteiger partial charge in [0, 0.05) is 27.5 Å². The van der Waals surface area contributed by atoms with Crippen LogP contribution in [0.25, 0.3) is 33.1 Å². The van der Waals surface area contributed by atoms with Gasteiger partial charge in [-0.25, -0.2) is 4.98 Å². The third-order valence-corrected chi connectivity index (χ3v) is 5.94. The van der Waals surface area contributed by atoms with Crippen LogP contribution in [0.2, 0.25) is 0 Å². The molecule has 0 bridgehead atoms. The maximum Gasteiger partial charge on any atom is 0.145 e. The van der Waals surface area contributed by atoms with Crippen LogP contribution in [0, 0.1) is 20.8 Å². The zero-order chi connectivity index (χ0) is 20.5. The van der Waals surface area contributed by atoms with Crippen LogP contribution in [0.4, 0.5) is 0 Å². The highest BCUT2D eigenvalue weighted by Gasteiger charge is 2.18. The number of ether oxygens (including phenoxy) is 1. The topological polar surface area (TPSA) is 63.9 Å². The van der Waals surface area contributed by atoms with Crippen LogP contribution in [0.1, 0.15) is 35.2 Å². The summed E-state index contributed by atoms with van der Waals surface area (Å²) in [7, 11) is 1.70. The Kier molecular flexibility index (Phi) is 5.29. The Morgan fingerprint density at radius 3 is 2.52 bits per heavy atom. The van der Waals surface area contributed by atoms with E-state index in [0.29, 0.717) is 0 Å². The Hall–Kier alpha value is -2.85. The number of unbranched alkanes of at least 4 members (excludes halogenated alkanes) is 1. The highest BCUT2D eigenvalue weighted by atomic mass is 16.5. The van der Waals surface area contributed by atoms with E-state index in [1.165, 1.54) is 38.9 Å². The van der Waals surface area contributed by atoms with Crippen molar-refractivity contribution in [3.63, 3.8) is 0 Å². The second kappa shape index (κ2) is 7.88. The molecule has 0 atom stereocenters. The van der Waals surface area contributed by atoms with Crippen molar-refractivity contribution in [2.24, 2.45) is 5.73 Å². The molecule has 0 spiro atoms. The van der Waals surface area contributed by atoms with Crippen LogP contribution in [0.15, 0.2) is 36.4 Å². The summed E-state index contributed by atoms with van der Waals surface area (Å²) < 4.78 is 5.59. The molecule has 0 unspecified atom stereocenters. The standard InChI is InChI=1S/C25H29N3O/c1-15-8-10-19-18(7-5-6-14-26)24(28-23(19)17(15)3)20-12-13-22(29-4)25-21(20)11-9-16(2)27-25/h8-13,28H,5-7,14,26H2,1-4H3. The normalized spacial score (nSPS) is 11.5. The van der Waals surface area contributed by atoms with Gasteiger partial charge in [-0.3, -0.25) is 0 Å². The van der Waals surface area contributed by atoms with E-state index < -0.39 is 0 Å². The maximum absolute atomic E-state index is 5.76. The van der Waals surface area contributed by atoms with E-state index in [4.69, 9.17) is 15.5 Å². The van der Waals surface area contributed by atoms with Gasteiger partial charge in [0.25, 0.3) is 0 Å². The summed E-state index contributed by atoms with van der Waals surface area (Å²) in [5.41, 5.74) is 15.2. The number of nitrogens with zero attached hydrogens (tertiary/aromatic N) is 1. The van der Waals surface area contributed by atoms with Gasteiger partial charge in [0.05, 0.1) is 12.8 Å². The number of pyridine rings is 1. The quantitative estimate of drug-likeness (QED) is 0.423. The van der Waals surface area contributed by atoms with E-state index in [1.807, 2.05) is 13.0 Å². The Morgan fingerprint density at radius 2 is 1.76 bits per heavy atom. The van der Waals surface area contributed by atoms with E-state index in [-0.39, 0.29) is 0 Å². The van der Waals surface area contributed by atoms with Crippen molar-refractivity contribution >= 4 is 21.8 Å². The lowest BCUT2D eigenvalue weighted by Gasteiger charge is -2.12. The summed E-state index contributed by atoms with van der Waals surface area (Å²) in [6.45, 7) is 7.10. The average Bonchev–Trinajstić information content (AvgIpc) is 3.09. The van der Waals surface area contributed by atoms with Gasteiger partial charge in [-0.2, -0.15) is 0 Å². The zero-order valence-corrected chi connectivity index (χ0v) is 17.7. The molecule has 0 aliphatic heterocycles. The third kappa shape index (κ3) is 3.38. The van der Waals surface area contributed by atoms with Gasteiger partial charge < -0.3 is 15.5 Å². The van der Waals surface area contributed by atoms with Crippen molar-refractivity contribution in [2.45, 2.75) is 40.0 Å². The number of benzene rings is 2. The first-order valence-corrected chi connectivity index (χ1v) is 10.3. The number of hydrogen-bond donors (Lipinski definition) is 2. The SMILES string of the molecule is COc1ccc(-c2[nH]c3c(C)c(C)ccc3c2CCCCN)c2ccc(C)nc12. The summed E-state index contributed by atoms with van der Waals surface area (Å²) in [5, 5.41) is 2.42. The van der Waals surface area contributed by atoms with Crippen molar-refractivity contribution in [2.75, 3.05) is 13.7 Å². The molecule has 2 aromatic carbocycles. The number of aryl methyl sites for hydroxylation is 4. The van der Waals surface area contributed by atoms with E-state index in [9.17, 15) is 0 Å². The maximum atomic E-state index is 5.76. The van der Waals surface area contributed by atoms with Gasteiger partial charge in [-0.05, 0) is 81.5 Å². The number of aromatic amines is 1. The summed E-state index contributed by atoms with van der Waals surface area (Å²) >= 11 is 0. The van der Waals surface area contributed by atoms with Gasteiger partial charge in [0.15, 0.2) is 0 Å². The number of nitrogens with one attached hydrogen (secondary N) is 1. The largest absolute Gasteiger partial charge is 0.494 e. The molecule has 0 radical (unpaired) electrons. The monoisotopic (exact) mass is 387 g/mol. The fourth-order valence-electron chi connectivity index (χ4n) is 4.17. The molecule has 0 aliphatic rings. The lowest BCUT2D eigenvalue weighted by molar-refractivity contribution is 0.419. The molecule has 2 aromatic heterocycles. The van der Waals surface area contributed by atoms with Gasteiger partial charge in [-0.15, -0.1) is 0 Å². The lowest BCUT2D eigenvalue weighted by atomic mass is 9.96. The molecule has 150 valence electrons. The molecule has 0 aliphatic carbocycles. The van der Waals surface area contributed by atoms with Crippen LogP contribution < -0.4 is 10.5 Å². The fraction of sp³-hybridized carbons (Fsp3) is 0.320. The third-order valence-electron chi connectivity index (χ3n) is 5.94. The average molecular weight is 388 g/mol. The molecule has 2 heterocycles. The highest BCUT2D eigenvalue weighted by Crippen LogP contribution is 2.39. The molecule has 4 heteroatoms. The number of hydrogen-bond acceptors (Lipinski definition) is 3. The molecular weight excluding hydrogens is 358 g/mol. The fourth-order valence-corrected chi connectivity index (χ4v) is 4.17. The molecule has 3 N–H and O–H groups in total. The van der Waals surface area contributed by atoms with Crippen molar-refractivity contribution < 1.29 is 4.74 Å². The summed E-state index contributed by atoms with van der Waals surface area (Å²) in [5.74, 6) is 0.806. The van der Waals surface area contributed by atoms with Crippen LogP contribution in [-0.4, -0.2) is 23.6 Å². The van der Waals surface area contributed by atoms with E-state index >= 15 is 0 Å². The molecule has 0 amide bonds. The molecule has 4 nitrogen and oxygen atoms in total. The van der Waals surface area contributed by atoms with Gasteiger partial charge in [0.2, 0.25) is 0 Å². The van der Waals surface area contributed by atoms with Crippen molar-refractivity contribution in [1.82, 2.24) is 9.97 Å². The van der Waals surface area contributed by atoms with Crippen LogP contribution >= 0.6 is 0 Å². The van der Waals surface area contributed by atoms with Crippen LogP contribution in [-0.2, 0) is 6.42 Å². The lowest BCUT2D eigenvalue weighted by Crippen LogP contribution is -1.99. The minimum absolute atomic E-state index is 0.727. The first kappa shape index (κ1) is 19.5. The predicted octanol–water partition coefficient (Wildman–Crippen LogP) is 5.60.